The normalized spacial score (nSPS) is 11.7. The van der Waals surface area contributed by atoms with Gasteiger partial charge in [-0.05, 0) is 186 Å². The Bertz CT molecular complexity index is 1520. The van der Waals surface area contributed by atoms with Crippen molar-refractivity contribution in [1.82, 2.24) is 0 Å². The Morgan fingerprint density at radius 2 is 0.762 bits per heavy atom. The molecule has 4 nitrogen and oxygen atoms in total. The molecule has 0 aliphatic rings. The van der Waals surface area contributed by atoms with Crippen LogP contribution in [0.3, 0.4) is 0 Å². The van der Waals surface area contributed by atoms with Gasteiger partial charge in [0.15, 0.2) is 0 Å². The van der Waals surface area contributed by atoms with E-state index >= 15 is 0 Å². The zero-order valence-electron chi connectivity index (χ0n) is 22.4. The molecule has 0 fully saturated rings. The summed E-state index contributed by atoms with van der Waals surface area (Å²) in [7, 11) is 0. The first-order chi connectivity index (χ1) is 19.3. The van der Waals surface area contributed by atoms with E-state index in [-0.39, 0.29) is 33.8 Å². The Kier molecular flexibility index (Phi) is 12.2. The average molecular weight is 1090 g/mol. The molecule has 224 valence electrons. The third-order valence-corrected chi connectivity index (χ3v) is 13.5. The van der Waals surface area contributed by atoms with E-state index in [0.717, 1.165) is 31.2 Å². The van der Waals surface area contributed by atoms with Crippen LogP contribution < -0.4 is 0 Å². The summed E-state index contributed by atoms with van der Waals surface area (Å²) < 4.78 is 5.31. The second-order valence-corrected chi connectivity index (χ2v) is 16.9. The monoisotopic (exact) mass is 1080 g/mol. The summed E-state index contributed by atoms with van der Waals surface area (Å²) in [5.74, 6) is 0.741. The van der Waals surface area contributed by atoms with Gasteiger partial charge in [-0.25, -0.2) is 0 Å². The van der Waals surface area contributed by atoms with Crippen LogP contribution in [-0.2, 0) is 10.8 Å². The second kappa shape index (κ2) is 14.1. The molecule has 42 heavy (non-hydrogen) atoms. The van der Waals surface area contributed by atoms with Gasteiger partial charge in [0, 0.05) is 19.8 Å². The van der Waals surface area contributed by atoms with E-state index in [1.54, 1.807) is 12.1 Å². The van der Waals surface area contributed by atoms with Crippen molar-refractivity contribution < 1.29 is 20.4 Å². The molecular formula is C30H24Br8O4. The van der Waals surface area contributed by atoms with Crippen LogP contribution in [0.5, 0.6) is 23.0 Å². The van der Waals surface area contributed by atoms with Gasteiger partial charge in [-0.3, -0.25) is 0 Å². The molecule has 0 radical (unpaired) electrons. The molecule has 0 aliphatic heterocycles. The van der Waals surface area contributed by atoms with Gasteiger partial charge in [-0.15, -0.1) is 0 Å². The third kappa shape index (κ3) is 7.48. The summed E-state index contributed by atoms with van der Waals surface area (Å²) in [6.07, 6.45) is 0. The summed E-state index contributed by atoms with van der Waals surface area (Å²) in [6.45, 7) is 8.34. The number of phenolic OH excluding ortho intramolecular Hbond substituents is 4. The molecule has 0 saturated carbocycles. The molecule has 0 heterocycles. The van der Waals surface area contributed by atoms with Crippen molar-refractivity contribution in [3.05, 3.63) is 107 Å². The molecule has 0 amide bonds. The summed E-state index contributed by atoms with van der Waals surface area (Å²) in [5.41, 5.74) is 3.45. The molecule has 4 N–H and O–H groups in total. The minimum Gasteiger partial charge on any atom is -0.508 e. The maximum atomic E-state index is 10.1. The van der Waals surface area contributed by atoms with E-state index in [1.807, 2.05) is 36.4 Å². The topological polar surface area (TPSA) is 80.9 Å². The molecule has 4 aromatic carbocycles. The number of hydrogen-bond acceptors (Lipinski definition) is 4. The zero-order chi connectivity index (χ0) is 31.9. The minimum atomic E-state index is -0.343. The summed E-state index contributed by atoms with van der Waals surface area (Å²) >= 11 is 27.4. The van der Waals surface area contributed by atoms with E-state index in [2.05, 4.69) is 155 Å². The quantitative estimate of drug-likeness (QED) is 0.154. The lowest BCUT2D eigenvalue weighted by Crippen LogP contribution is -2.20. The Balaban J connectivity index is 0.000000230. The largest absolute Gasteiger partial charge is 0.508 e. The first-order valence-electron chi connectivity index (χ1n) is 12.0. The highest BCUT2D eigenvalue weighted by atomic mass is 79.9. The van der Waals surface area contributed by atoms with E-state index < -0.39 is 0 Å². The van der Waals surface area contributed by atoms with Crippen LogP contribution in [0.1, 0.15) is 49.9 Å². The lowest BCUT2D eigenvalue weighted by atomic mass is 9.78. The lowest BCUT2D eigenvalue weighted by molar-refractivity contribution is 0.465. The van der Waals surface area contributed by atoms with Crippen LogP contribution in [-0.4, -0.2) is 20.4 Å². The van der Waals surface area contributed by atoms with Gasteiger partial charge >= 0.3 is 0 Å². The van der Waals surface area contributed by atoms with Crippen molar-refractivity contribution in [2.75, 3.05) is 0 Å². The summed E-state index contributed by atoms with van der Waals surface area (Å²) in [4.78, 5) is 0. The number of hydrogen-bond donors (Lipinski definition) is 4. The smallest absolute Gasteiger partial charge is 0.146 e. The van der Waals surface area contributed by atoms with Crippen LogP contribution >= 0.6 is 127 Å². The molecule has 0 aliphatic carbocycles. The fraction of sp³-hybridized carbons (Fsp3) is 0.200. The average Bonchev–Trinajstić information content (AvgIpc) is 2.92. The molecule has 0 spiro atoms. The zero-order valence-corrected chi connectivity index (χ0v) is 35.1. The number of benzene rings is 4. The summed E-state index contributed by atoms with van der Waals surface area (Å²) in [6, 6.07) is 14.7. The van der Waals surface area contributed by atoms with Crippen LogP contribution in [0.2, 0.25) is 0 Å². The van der Waals surface area contributed by atoms with Crippen LogP contribution in [0.25, 0.3) is 0 Å². The first kappa shape index (κ1) is 36.4. The van der Waals surface area contributed by atoms with Gasteiger partial charge in [0.25, 0.3) is 0 Å². The molecule has 0 bridgehead atoms. The first-order valence-corrected chi connectivity index (χ1v) is 18.4. The van der Waals surface area contributed by atoms with E-state index in [4.69, 9.17) is 0 Å². The number of aromatic hydroxyl groups is 4. The van der Waals surface area contributed by atoms with Gasteiger partial charge in [0.05, 0.1) is 26.8 Å². The predicted molar refractivity (Wildman–Crippen MR) is 198 cm³/mol. The molecule has 0 saturated heterocycles. The fourth-order valence-corrected chi connectivity index (χ4v) is 9.67. The van der Waals surface area contributed by atoms with Gasteiger partial charge in [-0.1, -0.05) is 39.8 Å². The molecular weight excluding hydrogens is 1060 g/mol. The third-order valence-electron chi connectivity index (χ3n) is 6.93. The molecule has 0 atom stereocenters. The minimum absolute atomic E-state index is 0.138. The highest BCUT2D eigenvalue weighted by molar-refractivity contribution is 9.14. The standard InChI is InChI=1S/2C15H12Br4O2/c1-15(2,7-3-9(16)13(20)10(17)4-7)8-5-11(18)14(21)12(19)6-8;1-15(2,7-3-5-8(20)6-4-7)9-10(16)12(18)14(21)13(19)11(9)17/h2*3-6,20-21H,1-2H3. The number of halogens is 8. The van der Waals surface area contributed by atoms with Gasteiger partial charge < -0.3 is 20.4 Å². The maximum absolute atomic E-state index is 10.1. The van der Waals surface area contributed by atoms with Crippen LogP contribution in [0, 0.1) is 0 Å². The van der Waals surface area contributed by atoms with Gasteiger partial charge in [-0.2, -0.15) is 0 Å². The van der Waals surface area contributed by atoms with Crippen molar-refractivity contribution in [2.45, 2.75) is 38.5 Å². The van der Waals surface area contributed by atoms with Crippen molar-refractivity contribution in [3.63, 3.8) is 0 Å². The van der Waals surface area contributed by atoms with Crippen molar-refractivity contribution in [2.24, 2.45) is 0 Å². The molecule has 0 unspecified atom stereocenters. The van der Waals surface area contributed by atoms with Gasteiger partial charge in [0.1, 0.15) is 23.0 Å². The predicted octanol–water partition coefficient (Wildman–Crippen LogP) is 12.9. The van der Waals surface area contributed by atoms with Crippen LogP contribution in [0.4, 0.5) is 0 Å². The Morgan fingerprint density at radius 3 is 1.10 bits per heavy atom. The second-order valence-electron chi connectivity index (χ2n) is 10.4. The molecule has 12 heteroatoms. The Morgan fingerprint density at radius 1 is 0.429 bits per heavy atom. The molecule has 4 rings (SSSR count). The highest BCUT2D eigenvalue weighted by Crippen LogP contribution is 2.51. The van der Waals surface area contributed by atoms with Crippen molar-refractivity contribution in [3.8, 4) is 23.0 Å². The fourth-order valence-electron chi connectivity index (χ4n) is 4.21. The molecule has 4 aromatic rings. The SMILES string of the molecule is CC(C)(c1cc(Br)c(O)c(Br)c1)c1cc(Br)c(O)c(Br)c1.CC(C)(c1ccc(O)cc1)c1c(Br)c(Br)c(O)c(Br)c1Br. The number of rotatable bonds is 4. The van der Waals surface area contributed by atoms with E-state index in [0.29, 0.717) is 26.8 Å². The van der Waals surface area contributed by atoms with Gasteiger partial charge in [0.2, 0.25) is 0 Å². The van der Waals surface area contributed by atoms with E-state index in [1.165, 1.54) is 0 Å². The van der Waals surface area contributed by atoms with Crippen molar-refractivity contribution in [1.29, 1.82) is 0 Å². The molecule has 0 aromatic heterocycles. The number of phenols is 4. The Labute approximate surface area is 312 Å². The highest BCUT2D eigenvalue weighted by Gasteiger charge is 2.32. The Hall–Kier alpha value is -0.0800. The lowest BCUT2D eigenvalue weighted by Gasteiger charge is -2.30. The van der Waals surface area contributed by atoms with Crippen molar-refractivity contribution >= 4 is 127 Å². The van der Waals surface area contributed by atoms with E-state index in [9.17, 15) is 20.4 Å². The maximum Gasteiger partial charge on any atom is 0.146 e. The van der Waals surface area contributed by atoms with Crippen LogP contribution in [0.15, 0.2) is 84.3 Å². The summed E-state index contributed by atoms with van der Waals surface area (Å²) in [5, 5.41) is 39.2.